The van der Waals surface area contributed by atoms with Crippen molar-refractivity contribution in [2.24, 2.45) is 5.41 Å². The molecule has 1 saturated heterocycles. The molecule has 1 atom stereocenters. The van der Waals surface area contributed by atoms with Crippen molar-refractivity contribution < 1.29 is 9.59 Å². The molecule has 0 spiro atoms. The molecule has 2 N–H and O–H groups in total. The van der Waals surface area contributed by atoms with Gasteiger partial charge < -0.3 is 15.5 Å². The van der Waals surface area contributed by atoms with Crippen molar-refractivity contribution in [3.05, 3.63) is 35.4 Å². The van der Waals surface area contributed by atoms with Gasteiger partial charge in [0.25, 0.3) is 11.8 Å². The second-order valence-corrected chi connectivity index (χ2v) is 7.97. The smallest absolute Gasteiger partial charge is 0.254 e. The standard InChI is InChI=1S/C20H31N3O2.ClH/c1-5-12-23(17-10-11-21-13-17)19(25)16-8-6-15(7-9-16)18(24)22-14-20(2,3)4;/h6-9,17,21H,5,10-14H2,1-4H3,(H,22,24);1H. The Morgan fingerprint density at radius 2 is 1.81 bits per heavy atom. The normalized spacial score (nSPS) is 16.7. The van der Waals surface area contributed by atoms with Gasteiger partial charge in [-0.3, -0.25) is 9.59 Å². The van der Waals surface area contributed by atoms with E-state index in [1.165, 1.54) is 0 Å². The number of rotatable bonds is 6. The Morgan fingerprint density at radius 3 is 2.31 bits per heavy atom. The first-order valence-electron chi connectivity index (χ1n) is 9.22. The molecular formula is C20H32ClN3O2. The maximum Gasteiger partial charge on any atom is 0.254 e. The Balaban J connectivity index is 0.00000338. The molecule has 0 aromatic heterocycles. The van der Waals surface area contributed by atoms with E-state index in [9.17, 15) is 9.59 Å². The van der Waals surface area contributed by atoms with Gasteiger partial charge in [0.2, 0.25) is 0 Å². The Labute approximate surface area is 163 Å². The van der Waals surface area contributed by atoms with E-state index in [4.69, 9.17) is 0 Å². The molecule has 1 fully saturated rings. The van der Waals surface area contributed by atoms with Gasteiger partial charge in [0.15, 0.2) is 0 Å². The predicted molar refractivity (Wildman–Crippen MR) is 108 cm³/mol. The van der Waals surface area contributed by atoms with Gasteiger partial charge in [-0.15, -0.1) is 12.4 Å². The van der Waals surface area contributed by atoms with E-state index >= 15 is 0 Å². The highest BCUT2D eigenvalue weighted by molar-refractivity contribution is 5.98. The molecule has 1 aliphatic rings. The summed E-state index contributed by atoms with van der Waals surface area (Å²) in [4.78, 5) is 27.0. The average molecular weight is 382 g/mol. The van der Waals surface area contributed by atoms with E-state index in [2.05, 4.69) is 38.3 Å². The van der Waals surface area contributed by atoms with Crippen molar-refractivity contribution in [1.82, 2.24) is 15.5 Å². The first-order chi connectivity index (χ1) is 11.8. The second-order valence-electron chi connectivity index (χ2n) is 7.97. The zero-order chi connectivity index (χ0) is 18.4. The van der Waals surface area contributed by atoms with Crippen molar-refractivity contribution in [2.45, 2.75) is 46.6 Å². The molecule has 0 bridgehead atoms. The molecule has 5 nitrogen and oxygen atoms in total. The summed E-state index contributed by atoms with van der Waals surface area (Å²) in [5.41, 5.74) is 1.28. The lowest BCUT2D eigenvalue weighted by Gasteiger charge is -2.28. The van der Waals surface area contributed by atoms with Crippen LogP contribution in [0.2, 0.25) is 0 Å². The zero-order valence-electron chi connectivity index (χ0n) is 16.3. The lowest BCUT2D eigenvalue weighted by Crippen LogP contribution is -2.42. The van der Waals surface area contributed by atoms with Crippen LogP contribution in [0.5, 0.6) is 0 Å². The molecule has 0 radical (unpaired) electrons. The van der Waals surface area contributed by atoms with Crippen LogP contribution in [0.3, 0.4) is 0 Å². The van der Waals surface area contributed by atoms with Crippen molar-refractivity contribution in [3.63, 3.8) is 0 Å². The number of benzene rings is 1. The van der Waals surface area contributed by atoms with Gasteiger partial charge in [0.05, 0.1) is 0 Å². The number of nitrogens with one attached hydrogen (secondary N) is 2. The zero-order valence-corrected chi connectivity index (χ0v) is 17.1. The van der Waals surface area contributed by atoms with E-state index in [1.807, 2.05) is 4.90 Å². The molecule has 1 heterocycles. The summed E-state index contributed by atoms with van der Waals surface area (Å²) in [5, 5.41) is 6.25. The van der Waals surface area contributed by atoms with Crippen LogP contribution in [-0.4, -0.2) is 48.9 Å². The van der Waals surface area contributed by atoms with Crippen LogP contribution in [0.25, 0.3) is 0 Å². The van der Waals surface area contributed by atoms with E-state index in [0.29, 0.717) is 17.7 Å². The minimum Gasteiger partial charge on any atom is -0.352 e. The summed E-state index contributed by atoms with van der Waals surface area (Å²) in [6.45, 7) is 11.5. The fourth-order valence-electron chi connectivity index (χ4n) is 2.97. The van der Waals surface area contributed by atoms with E-state index < -0.39 is 0 Å². The van der Waals surface area contributed by atoms with Crippen molar-refractivity contribution in [3.8, 4) is 0 Å². The van der Waals surface area contributed by atoms with Gasteiger partial charge >= 0.3 is 0 Å². The Bertz CT molecular complexity index is 590. The first-order valence-corrected chi connectivity index (χ1v) is 9.22. The van der Waals surface area contributed by atoms with E-state index in [1.54, 1.807) is 24.3 Å². The third-order valence-electron chi connectivity index (χ3n) is 4.37. The summed E-state index contributed by atoms with van der Waals surface area (Å²) < 4.78 is 0. The molecule has 2 rings (SSSR count). The fraction of sp³-hybridized carbons (Fsp3) is 0.600. The maximum absolute atomic E-state index is 12.9. The summed E-state index contributed by atoms with van der Waals surface area (Å²) in [6.07, 6.45) is 1.94. The molecule has 1 aromatic rings. The maximum atomic E-state index is 12.9. The van der Waals surface area contributed by atoms with Crippen molar-refractivity contribution in [1.29, 1.82) is 0 Å². The van der Waals surface area contributed by atoms with Crippen LogP contribution < -0.4 is 10.6 Å². The van der Waals surface area contributed by atoms with Gasteiger partial charge in [-0.2, -0.15) is 0 Å². The third-order valence-corrected chi connectivity index (χ3v) is 4.37. The van der Waals surface area contributed by atoms with Gasteiger partial charge in [-0.05, 0) is 49.1 Å². The highest BCUT2D eigenvalue weighted by atomic mass is 35.5. The van der Waals surface area contributed by atoms with E-state index in [-0.39, 0.29) is 35.7 Å². The van der Waals surface area contributed by atoms with Gasteiger partial charge in [-0.1, -0.05) is 27.7 Å². The van der Waals surface area contributed by atoms with Crippen LogP contribution in [0, 0.1) is 5.41 Å². The number of nitrogens with zero attached hydrogens (tertiary/aromatic N) is 1. The lowest BCUT2D eigenvalue weighted by atomic mass is 9.97. The highest BCUT2D eigenvalue weighted by Crippen LogP contribution is 2.15. The SMILES string of the molecule is CCCN(C(=O)c1ccc(C(=O)NCC(C)(C)C)cc1)C1CCNC1.Cl. The topological polar surface area (TPSA) is 61.4 Å². The molecule has 6 heteroatoms. The Hall–Kier alpha value is -1.59. The van der Waals surface area contributed by atoms with Gasteiger partial charge in [-0.25, -0.2) is 0 Å². The second kappa shape index (κ2) is 9.93. The van der Waals surface area contributed by atoms with Crippen LogP contribution in [0.1, 0.15) is 61.3 Å². The monoisotopic (exact) mass is 381 g/mol. The molecule has 0 aliphatic carbocycles. The number of hydrogen-bond donors (Lipinski definition) is 2. The molecule has 1 aromatic carbocycles. The Kier molecular flexibility index (Phi) is 8.57. The summed E-state index contributed by atoms with van der Waals surface area (Å²) in [7, 11) is 0. The fourth-order valence-corrected chi connectivity index (χ4v) is 2.97. The first kappa shape index (κ1) is 22.5. The van der Waals surface area contributed by atoms with Crippen molar-refractivity contribution >= 4 is 24.2 Å². The summed E-state index contributed by atoms with van der Waals surface area (Å²) in [6, 6.07) is 7.27. The Morgan fingerprint density at radius 1 is 1.19 bits per heavy atom. The average Bonchev–Trinajstić information content (AvgIpc) is 3.10. The number of carbonyl (C=O) groups is 2. The van der Waals surface area contributed by atoms with Gasteiger partial charge in [0.1, 0.15) is 0 Å². The lowest BCUT2D eigenvalue weighted by molar-refractivity contribution is 0.0691. The van der Waals surface area contributed by atoms with E-state index in [0.717, 1.165) is 32.5 Å². The molecule has 26 heavy (non-hydrogen) atoms. The number of amides is 2. The van der Waals surface area contributed by atoms with Gasteiger partial charge in [0, 0.05) is 36.8 Å². The molecular weight excluding hydrogens is 350 g/mol. The third kappa shape index (κ3) is 6.29. The predicted octanol–water partition coefficient (Wildman–Crippen LogP) is 3.10. The summed E-state index contributed by atoms with van der Waals surface area (Å²) >= 11 is 0. The minimum absolute atomic E-state index is 0. The van der Waals surface area contributed by atoms with Crippen LogP contribution in [0.4, 0.5) is 0 Å². The minimum atomic E-state index is -0.0978. The number of carbonyl (C=O) groups excluding carboxylic acids is 2. The molecule has 1 aliphatic heterocycles. The van der Waals surface area contributed by atoms with Crippen LogP contribution >= 0.6 is 12.4 Å². The van der Waals surface area contributed by atoms with Crippen molar-refractivity contribution in [2.75, 3.05) is 26.2 Å². The molecule has 1 unspecified atom stereocenters. The molecule has 146 valence electrons. The van der Waals surface area contributed by atoms with Crippen LogP contribution in [-0.2, 0) is 0 Å². The molecule has 2 amide bonds. The summed E-state index contributed by atoms with van der Waals surface area (Å²) in [5.74, 6) is -0.0449. The quantitative estimate of drug-likeness (QED) is 0.795. The highest BCUT2D eigenvalue weighted by Gasteiger charge is 2.26. The largest absolute Gasteiger partial charge is 0.352 e. The number of hydrogen-bond acceptors (Lipinski definition) is 3. The molecule has 0 saturated carbocycles. The van der Waals surface area contributed by atoms with Crippen LogP contribution in [0.15, 0.2) is 24.3 Å². The number of halogens is 1.